The van der Waals surface area contributed by atoms with Gasteiger partial charge in [0.15, 0.2) is 0 Å². The van der Waals surface area contributed by atoms with Gasteiger partial charge in [0, 0.05) is 26.2 Å². The van der Waals surface area contributed by atoms with Crippen molar-refractivity contribution < 1.29 is 0 Å². The third kappa shape index (κ3) is 1.49. The topological polar surface area (TPSA) is 29.3 Å². The van der Waals surface area contributed by atoms with Crippen LogP contribution in [-0.2, 0) is 0 Å². The van der Waals surface area contributed by atoms with Crippen LogP contribution in [0.25, 0.3) is 0 Å². The van der Waals surface area contributed by atoms with Crippen molar-refractivity contribution in [1.82, 2.24) is 4.90 Å². The van der Waals surface area contributed by atoms with Crippen molar-refractivity contribution in [3.8, 4) is 0 Å². The smallest absolute Gasteiger partial charge is 0.0105 e. The largest absolute Gasteiger partial charge is 0.329 e. The van der Waals surface area contributed by atoms with Crippen molar-refractivity contribution >= 4 is 0 Å². The van der Waals surface area contributed by atoms with Crippen molar-refractivity contribution in [1.29, 1.82) is 0 Å². The minimum atomic E-state index is 0.570. The molecule has 2 heteroatoms. The second-order valence-electron chi connectivity index (χ2n) is 5.83. The normalized spacial score (nSPS) is 43.9. The van der Waals surface area contributed by atoms with E-state index < -0.39 is 0 Å². The molecule has 0 aromatic rings. The van der Waals surface area contributed by atoms with Gasteiger partial charge in [0.05, 0.1) is 0 Å². The molecule has 2 unspecified atom stereocenters. The molecule has 2 N–H and O–H groups in total. The van der Waals surface area contributed by atoms with E-state index in [1.54, 1.807) is 0 Å². The summed E-state index contributed by atoms with van der Waals surface area (Å²) in [7, 11) is 0. The molecule has 1 heterocycles. The molecule has 2 atom stereocenters. The molecular weight excluding hydrogens is 172 g/mol. The predicted octanol–water partition coefficient (Wildman–Crippen LogP) is 1.85. The van der Waals surface area contributed by atoms with Gasteiger partial charge in [-0.3, -0.25) is 0 Å². The van der Waals surface area contributed by atoms with Crippen LogP contribution in [0.1, 0.15) is 39.5 Å². The zero-order valence-electron chi connectivity index (χ0n) is 9.68. The third-order valence-electron chi connectivity index (χ3n) is 4.75. The fourth-order valence-electron chi connectivity index (χ4n) is 3.56. The van der Waals surface area contributed by atoms with E-state index in [4.69, 9.17) is 5.73 Å². The van der Waals surface area contributed by atoms with E-state index in [1.165, 1.54) is 38.8 Å². The quantitative estimate of drug-likeness (QED) is 0.730. The number of nitrogens with two attached hydrogens (primary N) is 1. The Hall–Kier alpha value is -0.0800. The van der Waals surface area contributed by atoms with Gasteiger partial charge in [-0.25, -0.2) is 0 Å². The van der Waals surface area contributed by atoms with Gasteiger partial charge in [0.2, 0.25) is 0 Å². The molecule has 0 amide bonds. The Bertz CT molecular complexity index is 196. The van der Waals surface area contributed by atoms with Crippen LogP contribution < -0.4 is 5.73 Å². The molecule has 0 aromatic heterocycles. The second-order valence-corrected chi connectivity index (χ2v) is 5.83. The summed E-state index contributed by atoms with van der Waals surface area (Å²) in [6.07, 6.45) is 5.71. The Morgan fingerprint density at radius 3 is 2.00 bits per heavy atom. The monoisotopic (exact) mass is 196 g/mol. The molecule has 82 valence electrons. The number of hydrogen-bond donors (Lipinski definition) is 1. The highest BCUT2D eigenvalue weighted by Crippen LogP contribution is 2.54. The molecule has 0 bridgehead atoms. The van der Waals surface area contributed by atoms with Gasteiger partial charge in [-0.1, -0.05) is 26.7 Å². The lowest BCUT2D eigenvalue weighted by molar-refractivity contribution is 0.0730. The highest BCUT2D eigenvalue weighted by Gasteiger charge is 2.52. The molecular formula is C12H24N2. The summed E-state index contributed by atoms with van der Waals surface area (Å²) in [6.45, 7) is 9.43. The van der Waals surface area contributed by atoms with Gasteiger partial charge in [-0.2, -0.15) is 0 Å². The predicted molar refractivity (Wildman–Crippen MR) is 60.2 cm³/mol. The fraction of sp³-hybridized carbons (Fsp3) is 1.00. The Morgan fingerprint density at radius 1 is 1.07 bits per heavy atom. The van der Waals surface area contributed by atoms with E-state index in [9.17, 15) is 0 Å². The average molecular weight is 196 g/mol. The minimum Gasteiger partial charge on any atom is -0.329 e. The fourth-order valence-corrected chi connectivity index (χ4v) is 3.56. The Kier molecular flexibility index (Phi) is 2.61. The summed E-state index contributed by atoms with van der Waals surface area (Å²) < 4.78 is 0. The SMILES string of the molecule is CC12CCCCC1(C)CN(CCN)C2. The molecule has 2 nitrogen and oxygen atoms in total. The third-order valence-corrected chi connectivity index (χ3v) is 4.75. The molecule has 14 heavy (non-hydrogen) atoms. The molecule has 0 aromatic carbocycles. The van der Waals surface area contributed by atoms with Crippen LogP contribution in [0.5, 0.6) is 0 Å². The average Bonchev–Trinajstić information content (AvgIpc) is 2.37. The van der Waals surface area contributed by atoms with E-state index >= 15 is 0 Å². The standard InChI is InChI=1S/C12H24N2/c1-11-5-3-4-6-12(11,2)10-14(9-11)8-7-13/h3-10,13H2,1-2H3. The van der Waals surface area contributed by atoms with Gasteiger partial charge < -0.3 is 10.6 Å². The Labute approximate surface area is 87.8 Å². The maximum Gasteiger partial charge on any atom is 0.0105 e. The highest BCUT2D eigenvalue weighted by molar-refractivity contribution is 5.03. The Morgan fingerprint density at radius 2 is 1.57 bits per heavy atom. The molecule has 1 saturated carbocycles. The maximum atomic E-state index is 5.64. The summed E-state index contributed by atoms with van der Waals surface area (Å²) in [5, 5.41) is 0. The molecule has 1 aliphatic carbocycles. The van der Waals surface area contributed by atoms with Gasteiger partial charge in [-0.05, 0) is 23.7 Å². The summed E-state index contributed by atoms with van der Waals surface area (Å²) in [5.74, 6) is 0. The van der Waals surface area contributed by atoms with Gasteiger partial charge in [0.1, 0.15) is 0 Å². The molecule has 2 aliphatic rings. The first-order valence-corrected chi connectivity index (χ1v) is 6.02. The number of rotatable bonds is 2. The van der Waals surface area contributed by atoms with E-state index in [1.807, 2.05) is 0 Å². The summed E-state index contributed by atoms with van der Waals surface area (Å²) >= 11 is 0. The molecule has 2 fully saturated rings. The lowest BCUT2D eigenvalue weighted by Crippen LogP contribution is -2.38. The van der Waals surface area contributed by atoms with Crippen molar-refractivity contribution in [2.75, 3.05) is 26.2 Å². The van der Waals surface area contributed by atoms with Crippen LogP contribution in [0.4, 0.5) is 0 Å². The van der Waals surface area contributed by atoms with Gasteiger partial charge in [0.25, 0.3) is 0 Å². The molecule has 1 aliphatic heterocycles. The van der Waals surface area contributed by atoms with Crippen molar-refractivity contribution in [2.24, 2.45) is 16.6 Å². The first-order chi connectivity index (χ1) is 6.60. The molecule has 0 radical (unpaired) electrons. The second kappa shape index (κ2) is 3.49. The van der Waals surface area contributed by atoms with Crippen LogP contribution in [0.15, 0.2) is 0 Å². The Balaban J connectivity index is 2.11. The van der Waals surface area contributed by atoms with E-state index in [-0.39, 0.29) is 0 Å². The number of fused-ring (bicyclic) bond motifs is 1. The first-order valence-electron chi connectivity index (χ1n) is 6.02. The zero-order valence-corrected chi connectivity index (χ0v) is 9.68. The van der Waals surface area contributed by atoms with Crippen molar-refractivity contribution in [3.63, 3.8) is 0 Å². The summed E-state index contributed by atoms with van der Waals surface area (Å²) in [5.41, 5.74) is 6.78. The van der Waals surface area contributed by atoms with Crippen LogP contribution >= 0.6 is 0 Å². The van der Waals surface area contributed by atoms with Crippen LogP contribution in [0, 0.1) is 10.8 Å². The maximum absolute atomic E-state index is 5.64. The molecule has 2 rings (SSSR count). The lowest BCUT2D eigenvalue weighted by Gasteiger charge is -2.44. The van der Waals surface area contributed by atoms with Crippen LogP contribution in [0.3, 0.4) is 0 Å². The molecule has 0 spiro atoms. The number of nitrogens with zero attached hydrogens (tertiary/aromatic N) is 1. The zero-order chi connectivity index (χ0) is 10.2. The molecule has 1 saturated heterocycles. The number of likely N-dealkylation sites (tertiary alicyclic amines) is 1. The van der Waals surface area contributed by atoms with E-state index in [0.717, 1.165) is 13.1 Å². The van der Waals surface area contributed by atoms with Crippen molar-refractivity contribution in [2.45, 2.75) is 39.5 Å². The van der Waals surface area contributed by atoms with Gasteiger partial charge in [-0.15, -0.1) is 0 Å². The van der Waals surface area contributed by atoms with Crippen LogP contribution in [0.2, 0.25) is 0 Å². The summed E-state index contributed by atoms with van der Waals surface area (Å²) in [6, 6.07) is 0. The van der Waals surface area contributed by atoms with Gasteiger partial charge >= 0.3 is 0 Å². The summed E-state index contributed by atoms with van der Waals surface area (Å²) in [4.78, 5) is 2.57. The van der Waals surface area contributed by atoms with E-state index in [0.29, 0.717) is 10.8 Å². The van der Waals surface area contributed by atoms with E-state index in [2.05, 4.69) is 18.7 Å². The first kappa shape index (κ1) is 10.4. The van der Waals surface area contributed by atoms with Crippen molar-refractivity contribution in [3.05, 3.63) is 0 Å². The number of hydrogen-bond acceptors (Lipinski definition) is 2. The lowest BCUT2D eigenvalue weighted by atomic mass is 9.60. The van der Waals surface area contributed by atoms with Crippen LogP contribution in [-0.4, -0.2) is 31.1 Å². The highest BCUT2D eigenvalue weighted by atomic mass is 15.2. The minimum absolute atomic E-state index is 0.570.